The van der Waals surface area contributed by atoms with Crippen molar-refractivity contribution < 1.29 is 4.42 Å². The van der Waals surface area contributed by atoms with Crippen molar-refractivity contribution in [3.63, 3.8) is 0 Å². The maximum atomic E-state index is 11.4. The smallest absolute Gasteiger partial charge is 0.408 e. The van der Waals surface area contributed by atoms with Crippen molar-refractivity contribution in [1.82, 2.24) is 9.55 Å². The van der Waals surface area contributed by atoms with Crippen molar-refractivity contribution in [3.8, 4) is 10.4 Å². The maximum Gasteiger partial charge on any atom is 0.419 e. The third-order valence-corrected chi connectivity index (χ3v) is 3.87. The summed E-state index contributed by atoms with van der Waals surface area (Å²) in [5, 5.41) is 0.895. The molecule has 0 saturated heterocycles. The minimum atomic E-state index is -0.353. The van der Waals surface area contributed by atoms with Crippen LogP contribution < -0.4 is 11.5 Å². The van der Waals surface area contributed by atoms with Gasteiger partial charge in [0.25, 0.3) is 0 Å². The number of aromatic nitrogens is 2. The molecule has 5 nitrogen and oxygen atoms in total. The average Bonchev–Trinajstić information content (AvgIpc) is 2.96. The number of aryl methyl sites for hydroxylation is 1. The number of oxazole rings is 1. The van der Waals surface area contributed by atoms with Crippen LogP contribution in [0.4, 0.5) is 0 Å². The van der Waals surface area contributed by atoms with E-state index >= 15 is 0 Å². The highest BCUT2D eigenvalue weighted by Crippen LogP contribution is 2.28. The Bertz CT molecular complexity index is 769. The molecule has 0 saturated carbocycles. The number of thiazole rings is 1. The van der Waals surface area contributed by atoms with Crippen LogP contribution in [0.25, 0.3) is 21.5 Å². The van der Waals surface area contributed by atoms with Gasteiger partial charge in [0.15, 0.2) is 5.58 Å². The summed E-state index contributed by atoms with van der Waals surface area (Å²) in [5.41, 5.74) is 7.93. The average molecular weight is 261 g/mol. The molecule has 3 aromatic rings. The molecule has 2 heterocycles. The highest BCUT2D eigenvalue weighted by atomic mass is 32.1. The van der Waals surface area contributed by atoms with E-state index in [9.17, 15) is 4.79 Å². The van der Waals surface area contributed by atoms with Gasteiger partial charge < -0.3 is 10.2 Å². The lowest BCUT2D eigenvalue weighted by Gasteiger charge is -1.97. The van der Waals surface area contributed by atoms with Crippen LogP contribution in [-0.2, 0) is 13.6 Å². The van der Waals surface area contributed by atoms with E-state index in [-0.39, 0.29) is 5.76 Å². The highest BCUT2D eigenvalue weighted by molar-refractivity contribution is 7.15. The second-order valence-electron chi connectivity index (χ2n) is 3.93. The Balaban J connectivity index is 2.18. The molecule has 92 valence electrons. The van der Waals surface area contributed by atoms with Crippen molar-refractivity contribution in [2.75, 3.05) is 0 Å². The second-order valence-corrected chi connectivity index (χ2v) is 5.05. The molecule has 1 aromatic carbocycles. The van der Waals surface area contributed by atoms with Gasteiger partial charge in [-0.2, -0.15) is 0 Å². The Morgan fingerprint density at radius 2 is 2.33 bits per heavy atom. The van der Waals surface area contributed by atoms with Gasteiger partial charge in [0.2, 0.25) is 0 Å². The maximum absolute atomic E-state index is 11.4. The fourth-order valence-corrected chi connectivity index (χ4v) is 2.61. The Morgan fingerprint density at radius 3 is 3.06 bits per heavy atom. The van der Waals surface area contributed by atoms with E-state index in [0.29, 0.717) is 12.1 Å². The molecule has 2 aromatic heterocycles. The zero-order chi connectivity index (χ0) is 12.7. The molecule has 3 rings (SSSR count). The predicted molar refractivity (Wildman–Crippen MR) is 70.5 cm³/mol. The van der Waals surface area contributed by atoms with Crippen molar-refractivity contribution >= 4 is 22.4 Å². The molecule has 2 N–H and O–H groups in total. The standard InChI is InChI=1S/C12H11N3O2S/c1-15-8-4-7(2-3-9(8)17-12(15)16)10-6-14-11(5-13)18-10/h2-4,6H,5,13H2,1H3. The summed E-state index contributed by atoms with van der Waals surface area (Å²) in [4.78, 5) is 16.7. The van der Waals surface area contributed by atoms with Crippen LogP contribution in [0.1, 0.15) is 5.01 Å². The number of nitrogens with two attached hydrogens (primary N) is 1. The first-order chi connectivity index (χ1) is 8.69. The zero-order valence-corrected chi connectivity index (χ0v) is 10.5. The number of benzene rings is 1. The van der Waals surface area contributed by atoms with Crippen LogP contribution in [0.15, 0.2) is 33.6 Å². The molecule has 0 radical (unpaired) electrons. The summed E-state index contributed by atoms with van der Waals surface area (Å²) in [5.74, 6) is -0.353. The van der Waals surface area contributed by atoms with Gasteiger partial charge in [0.05, 0.1) is 10.4 Å². The van der Waals surface area contributed by atoms with Crippen molar-refractivity contribution in [1.29, 1.82) is 0 Å². The topological polar surface area (TPSA) is 74.0 Å². The predicted octanol–water partition coefficient (Wildman–Crippen LogP) is 1.71. The summed E-state index contributed by atoms with van der Waals surface area (Å²) in [6, 6.07) is 5.64. The Labute approximate surface area is 106 Å². The van der Waals surface area contributed by atoms with Gasteiger partial charge in [0, 0.05) is 19.8 Å². The third-order valence-electron chi connectivity index (χ3n) is 2.80. The third kappa shape index (κ3) is 1.66. The van der Waals surface area contributed by atoms with E-state index < -0.39 is 0 Å². The molecule has 0 bridgehead atoms. The molecule has 0 aliphatic carbocycles. The molecule has 0 fully saturated rings. The van der Waals surface area contributed by atoms with E-state index in [2.05, 4.69) is 4.98 Å². The molecule has 0 spiro atoms. The molecule has 0 aliphatic rings. The fraction of sp³-hybridized carbons (Fsp3) is 0.167. The van der Waals surface area contributed by atoms with E-state index in [4.69, 9.17) is 10.2 Å². The van der Waals surface area contributed by atoms with Gasteiger partial charge in [-0.25, -0.2) is 9.78 Å². The Kier molecular flexibility index (Phi) is 2.53. The monoisotopic (exact) mass is 261 g/mol. The van der Waals surface area contributed by atoms with Gasteiger partial charge in [-0.3, -0.25) is 4.57 Å². The van der Waals surface area contributed by atoms with Crippen LogP contribution in [0.3, 0.4) is 0 Å². The van der Waals surface area contributed by atoms with E-state index in [1.807, 2.05) is 12.1 Å². The molecule has 18 heavy (non-hydrogen) atoms. The largest absolute Gasteiger partial charge is 0.419 e. The summed E-state index contributed by atoms with van der Waals surface area (Å²) >= 11 is 1.55. The first-order valence-corrected chi connectivity index (χ1v) is 6.25. The fourth-order valence-electron chi connectivity index (χ4n) is 1.82. The number of nitrogens with zero attached hydrogens (tertiary/aromatic N) is 2. The molecular formula is C12H11N3O2S. The zero-order valence-electron chi connectivity index (χ0n) is 9.71. The molecule has 0 atom stereocenters. The van der Waals surface area contributed by atoms with Crippen molar-refractivity contribution in [3.05, 3.63) is 40.0 Å². The summed E-state index contributed by atoms with van der Waals surface area (Å²) in [7, 11) is 1.69. The summed E-state index contributed by atoms with van der Waals surface area (Å²) in [6.07, 6.45) is 1.80. The number of hydrogen-bond donors (Lipinski definition) is 1. The van der Waals surface area contributed by atoms with Gasteiger partial charge >= 0.3 is 5.76 Å². The van der Waals surface area contributed by atoms with Gasteiger partial charge in [-0.1, -0.05) is 0 Å². The van der Waals surface area contributed by atoms with Crippen LogP contribution in [0, 0.1) is 0 Å². The number of hydrogen-bond acceptors (Lipinski definition) is 5. The quantitative estimate of drug-likeness (QED) is 0.762. The first kappa shape index (κ1) is 11.2. The van der Waals surface area contributed by atoms with E-state index in [1.54, 1.807) is 30.6 Å². The Morgan fingerprint density at radius 1 is 1.50 bits per heavy atom. The SMILES string of the molecule is Cn1c(=O)oc2ccc(-c3cnc(CN)s3)cc21. The van der Waals surface area contributed by atoms with Gasteiger partial charge in [-0.05, 0) is 23.8 Å². The number of rotatable bonds is 2. The van der Waals surface area contributed by atoms with Crippen LogP contribution in [-0.4, -0.2) is 9.55 Å². The van der Waals surface area contributed by atoms with Crippen molar-refractivity contribution in [2.45, 2.75) is 6.54 Å². The van der Waals surface area contributed by atoms with Crippen LogP contribution in [0.2, 0.25) is 0 Å². The van der Waals surface area contributed by atoms with E-state index in [0.717, 1.165) is 21.0 Å². The normalized spacial score (nSPS) is 11.2. The lowest BCUT2D eigenvalue weighted by molar-refractivity contribution is 0.528. The highest BCUT2D eigenvalue weighted by Gasteiger charge is 2.09. The van der Waals surface area contributed by atoms with Crippen LogP contribution >= 0.6 is 11.3 Å². The lowest BCUT2D eigenvalue weighted by atomic mass is 10.2. The molecule has 0 aliphatic heterocycles. The Hall–Kier alpha value is -1.92. The molecule has 6 heteroatoms. The lowest BCUT2D eigenvalue weighted by Crippen LogP contribution is -2.08. The minimum absolute atomic E-state index is 0.353. The second kappa shape index (κ2) is 4.08. The molecule has 0 unspecified atom stereocenters. The summed E-state index contributed by atoms with van der Waals surface area (Å²) in [6.45, 7) is 0.442. The summed E-state index contributed by atoms with van der Waals surface area (Å²) < 4.78 is 6.58. The van der Waals surface area contributed by atoms with Crippen molar-refractivity contribution in [2.24, 2.45) is 12.8 Å². The van der Waals surface area contributed by atoms with Crippen LogP contribution in [0.5, 0.6) is 0 Å². The van der Waals surface area contributed by atoms with Gasteiger partial charge in [0.1, 0.15) is 5.01 Å². The molecule has 0 amide bonds. The first-order valence-electron chi connectivity index (χ1n) is 5.44. The molecular weight excluding hydrogens is 250 g/mol. The van der Waals surface area contributed by atoms with Gasteiger partial charge in [-0.15, -0.1) is 11.3 Å². The minimum Gasteiger partial charge on any atom is -0.408 e. The number of fused-ring (bicyclic) bond motifs is 1. The van der Waals surface area contributed by atoms with E-state index in [1.165, 1.54) is 4.57 Å².